The Morgan fingerprint density at radius 3 is 2.90 bits per heavy atom. The summed E-state index contributed by atoms with van der Waals surface area (Å²) in [4.78, 5) is 18.1. The van der Waals surface area contributed by atoms with E-state index in [9.17, 15) is 10.1 Å². The Morgan fingerprint density at radius 1 is 1.33 bits per heavy atom. The fraction of sp³-hybridized carbons (Fsp3) is 0.133. The van der Waals surface area contributed by atoms with Crippen LogP contribution in [-0.2, 0) is 6.42 Å². The number of halogens is 1. The summed E-state index contributed by atoms with van der Waals surface area (Å²) in [5.74, 6) is 0.847. The van der Waals surface area contributed by atoms with Gasteiger partial charge in [0.05, 0.1) is 16.0 Å². The second-order valence-electron chi connectivity index (χ2n) is 4.86. The van der Waals surface area contributed by atoms with Crippen LogP contribution in [0.3, 0.4) is 0 Å². The molecule has 0 unspecified atom stereocenters. The minimum Gasteiger partial charge on any atom is -0.342 e. The summed E-state index contributed by atoms with van der Waals surface area (Å²) in [5, 5.41) is 11.1. The van der Waals surface area contributed by atoms with Crippen LogP contribution in [0.1, 0.15) is 17.0 Å². The third-order valence-corrected chi connectivity index (χ3v) is 3.64. The van der Waals surface area contributed by atoms with Gasteiger partial charge < -0.3 is 4.98 Å². The van der Waals surface area contributed by atoms with Crippen LogP contribution in [0.15, 0.2) is 36.4 Å². The third-order valence-electron chi connectivity index (χ3n) is 3.32. The standard InChI is InChI=1S/C15H12ClN3O2/c1-9-17-13-4-2-3-11(15(13)18-9)7-10-5-6-12(16)14(8-10)19(20)21/h2-6,8H,7H2,1H3,(H,17,18). The van der Waals surface area contributed by atoms with Crippen molar-refractivity contribution in [3.8, 4) is 0 Å². The van der Waals surface area contributed by atoms with E-state index in [1.807, 2.05) is 25.1 Å². The van der Waals surface area contributed by atoms with E-state index in [2.05, 4.69) is 9.97 Å². The number of imidazole rings is 1. The molecule has 0 aliphatic heterocycles. The van der Waals surface area contributed by atoms with Crippen LogP contribution in [-0.4, -0.2) is 14.9 Å². The largest absolute Gasteiger partial charge is 0.342 e. The van der Waals surface area contributed by atoms with Crippen molar-refractivity contribution in [1.82, 2.24) is 9.97 Å². The number of para-hydroxylation sites is 1. The molecule has 0 atom stereocenters. The Labute approximate surface area is 125 Å². The monoisotopic (exact) mass is 301 g/mol. The van der Waals surface area contributed by atoms with Crippen LogP contribution < -0.4 is 0 Å². The Morgan fingerprint density at radius 2 is 2.14 bits per heavy atom. The number of aromatic nitrogens is 2. The lowest BCUT2D eigenvalue weighted by Crippen LogP contribution is -1.94. The maximum absolute atomic E-state index is 10.9. The van der Waals surface area contributed by atoms with Crippen LogP contribution in [0.5, 0.6) is 0 Å². The number of nitro benzene ring substituents is 1. The first-order chi connectivity index (χ1) is 10.0. The summed E-state index contributed by atoms with van der Waals surface area (Å²) < 4.78 is 0. The summed E-state index contributed by atoms with van der Waals surface area (Å²) >= 11 is 5.83. The number of aryl methyl sites for hydroxylation is 1. The van der Waals surface area contributed by atoms with Gasteiger partial charge in [-0.05, 0) is 36.6 Å². The number of nitrogens with zero attached hydrogens (tertiary/aromatic N) is 2. The predicted octanol–water partition coefficient (Wildman–Crippen LogP) is 4.02. The van der Waals surface area contributed by atoms with Gasteiger partial charge in [0.15, 0.2) is 0 Å². The fourth-order valence-corrected chi connectivity index (χ4v) is 2.57. The summed E-state index contributed by atoms with van der Waals surface area (Å²) in [6.45, 7) is 1.90. The van der Waals surface area contributed by atoms with Gasteiger partial charge in [0.25, 0.3) is 5.69 Å². The van der Waals surface area contributed by atoms with Crippen LogP contribution in [0.2, 0.25) is 5.02 Å². The maximum Gasteiger partial charge on any atom is 0.288 e. The number of nitrogens with one attached hydrogen (secondary N) is 1. The highest BCUT2D eigenvalue weighted by Gasteiger charge is 2.14. The molecule has 1 aromatic heterocycles. The molecule has 1 heterocycles. The van der Waals surface area contributed by atoms with Gasteiger partial charge in [-0.2, -0.15) is 0 Å². The van der Waals surface area contributed by atoms with Crippen molar-refractivity contribution >= 4 is 28.3 Å². The normalized spacial score (nSPS) is 11.0. The average Bonchev–Trinajstić information content (AvgIpc) is 2.82. The zero-order chi connectivity index (χ0) is 15.0. The minimum absolute atomic E-state index is 0.0699. The van der Waals surface area contributed by atoms with Gasteiger partial charge in [0, 0.05) is 6.07 Å². The van der Waals surface area contributed by atoms with Gasteiger partial charge in [-0.25, -0.2) is 4.98 Å². The SMILES string of the molecule is Cc1nc2c(Cc3ccc(Cl)c([N+](=O)[O-])c3)cccc2[nH]1. The van der Waals surface area contributed by atoms with E-state index >= 15 is 0 Å². The zero-order valence-corrected chi connectivity index (χ0v) is 12.0. The van der Waals surface area contributed by atoms with E-state index in [1.54, 1.807) is 12.1 Å². The highest BCUT2D eigenvalue weighted by Crippen LogP contribution is 2.27. The molecule has 0 saturated carbocycles. The number of H-pyrrole nitrogens is 1. The highest BCUT2D eigenvalue weighted by atomic mass is 35.5. The summed E-state index contributed by atoms with van der Waals surface area (Å²) in [7, 11) is 0. The number of hydrogen-bond acceptors (Lipinski definition) is 3. The van der Waals surface area contributed by atoms with E-state index in [0.29, 0.717) is 6.42 Å². The molecule has 2 aromatic carbocycles. The van der Waals surface area contributed by atoms with E-state index < -0.39 is 4.92 Å². The lowest BCUT2D eigenvalue weighted by molar-refractivity contribution is -0.384. The average molecular weight is 302 g/mol. The number of fused-ring (bicyclic) bond motifs is 1. The summed E-state index contributed by atoms with van der Waals surface area (Å²) in [5.41, 5.74) is 3.65. The van der Waals surface area contributed by atoms with Gasteiger partial charge in [-0.15, -0.1) is 0 Å². The molecular formula is C15H12ClN3O2. The van der Waals surface area contributed by atoms with Crippen LogP contribution in [0.4, 0.5) is 5.69 Å². The van der Waals surface area contributed by atoms with Gasteiger partial charge in [-0.1, -0.05) is 29.8 Å². The molecule has 0 bridgehead atoms. The van der Waals surface area contributed by atoms with Crippen molar-refractivity contribution in [3.05, 3.63) is 68.5 Å². The summed E-state index contributed by atoms with van der Waals surface area (Å²) in [6, 6.07) is 10.8. The molecule has 0 amide bonds. The fourth-order valence-electron chi connectivity index (χ4n) is 2.39. The molecule has 5 nitrogen and oxygen atoms in total. The lowest BCUT2D eigenvalue weighted by atomic mass is 10.0. The smallest absolute Gasteiger partial charge is 0.288 e. The second kappa shape index (κ2) is 5.18. The van der Waals surface area contributed by atoms with E-state index in [0.717, 1.165) is 28.0 Å². The van der Waals surface area contributed by atoms with Crippen molar-refractivity contribution in [3.63, 3.8) is 0 Å². The molecule has 0 saturated heterocycles. The Balaban J connectivity index is 2.02. The van der Waals surface area contributed by atoms with Crippen molar-refractivity contribution < 1.29 is 4.92 Å². The molecule has 0 aliphatic rings. The van der Waals surface area contributed by atoms with Gasteiger partial charge in [0.1, 0.15) is 10.8 Å². The first-order valence-corrected chi connectivity index (χ1v) is 6.79. The molecule has 21 heavy (non-hydrogen) atoms. The molecule has 1 N–H and O–H groups in total. The molecule has 0 aliphatic carbocycles. The number of hydrogen-bond donors (Lipinski definition) is 1. The summed E-state index contributed by atoms with van der Waals surface area (Å²) in [6.07, 6.45) is 0.569. The van der Waals surface area contributed by atoms with Gasteiger partial charge >= 0.3 is 0 Å². The van der Waals surface area contributed by atoms with Crippen molar-refractivity contribution in [1.29, 1.82) is 0 Å². The molecule has 106 valence electrons. The molecule has 0 radical (unpaired) electrons. The maximum atomic E-state index is 10.9. The first-order valence-electron chi connectivity index (χ1n) is 6.41. The van der Waals surface area contributed by atoms with Crippen LogP contribution >= 0.6 is 11.6 Å². The van der Waals surface area contributed by atoms with Gasteiger partial charge in [-0.3, -0.25) is 10.1 Å². The van der Waals surface area contributed by atoms with E-state index in [1.165, 1.54) is 6.07 Å². The predicted molar refractivity (Wildman–Crippen MR) is 81.7 cm³/mol. The highest BCUT2D eigenvalue weighted by molar-refractivity contribution is 6.32. The van der Waals surface area contributed by atoms with Gasteiger partial charge in [0.2, 0.25) is 0 Å². The minimum atomic E-state index is -0.467. The molecule has 0 spiro atoms. The zero-order valence-electron chi connectivity index (χ0n) is 11.3. The molecular weight excluding hydrogens is 290 g/mol. The van der Waals surface area contributed by atoms with E-state index in [4.69, 9.17) is 11.6 Å². The number of rotatable bonds is 3. The quantitative estimate of drug-likeness (QED) is 0.586. The van der Waals surface area contributed by atoms with E-state index in [-0.39, 0.29) is 10.7 Å². The number of nitro groups is 1. The third kappa shape index (κ3) is 2.60. The second-order valence-corrected chi connectivity index (χ2v) is 5.26. The molecule has 3 aromatic rings. The topological polar surface area (TPSA) is 71.8 Å². The van der Waals surface area contributed by atoms with Crippen LogP contribution in [0.25, 0.3) is 11.0 Å². The Bertz CT molecular complexity index is 842. The number of benzene rings is 2. The van der Waals surface area contributed by atoms with Crippen molar-refractivity contribution in [2.45, 2.75) is 13.3 Å². The molecule has 6 heteroatoms. The Hall–Kier alpha value is -2.40. The number of aromatic amines is 1. The van der Waals surface area contributed by atoms with Crippen molar-refractivity contribution in [2.24, 2.45) is 0 Å². The molecule has 3 rings (SSSR count). The lowest BCUT2D eigenvalue weighted by Gasteiger charge is -2.04. The van der Waals surface area contributed by atoms with Crippen molar-refractivity contribution in [2.75, 3.05) is 0 Å². The first kappa shape index (κ1) is 13.6. The molecule has 0 fully saturated rings. The van der Waals surface area contributed by atoms with Crippen LogP contribution in [0, 0.1) is 17.0 Å². The Kier molecular flexibility index (Phi) is 3.35.